The first-order chi connectivity index (χ1) is 8.19. The number of ether oxygens (including phenoxy) is 1. The van der Waals surface area contributed by atoms with Crippen molar-refractivity contribution < 1.29 is 14.3 Å². The van der Waals surface area contributed by atoms with Gasteiger partial charge in [0.2, 0.25) is 17.7 Å². The first kappa shape index (κ1) is 11.5. The molecule has 1 atom stereocenters. The van der Waals surface area contributed by atoms with Gasteiger partial charge in [-0.2, -0.15) is 0 Å². The minimum Gasteiger partial charge on any atom is -0.481 e. The molecule has 0 spiro atoms. The molecule has 1 aromatic heterocycles. The Bertz CT molecular complexity index is 430. The number of imide groups is 1. The van der Waals surface area contributed by atoms with Crippen LogP contribution in [0.15, 0.2) is 18.3 Å². The number of carbonyl (C=O) groups excluding carboxylic acids is 2. The fourth-order valence-corrected chi connectivity index (χ4v) is 1.60. The van der Waals surface area contributed by atoms with E-state index >= 15 is 0 Å². The predicted molar refractivity (Wildman–Crippen MR) is 59.2 cm³/mol. The van der Waals surface area contributed by atoms with E-state index in [2.05, 4.69) is 15.6 Å². The van der Waals surface area contributed by atoms with E-state index in [1.54, 1.807) is 19.4 Å². The predicted octanol–water partition coefficient (Wildman–Crippen LogP) is -0.405. The van der Waals surface area contributed by atoms with E-state index in [4.69, 9.17) is 4.74 Å². The zero-order valence-electron chi connectivity index (χ0n) is 9.40. The van der Waals surface area contributed by atoms with Gasteiger partial charge in [0.25, 0.3) is 0 Å². The molecule has 2 rings (SSSR count). The van der Waals surface area contributed by atoms with Crippen molar-refractivity contribution in [1.82, 2.24) is 15.6 Å². The SMILES string of the molecule is COc1ccc(CNC2CC(=O)NC2=O)cn1. The number of nitrogens with one attached hydrogen (secondary N) is 2. The molecule has 0 aromatic carbocycles. The largest absolute Gasteiger partial charge is 0.481 e. The normalized spacial score (nSPS) is 19.2. The second-order valence-corrected chi connectivity index (χ2v) is 3.76. The summed E-state index contributed by atoms with van der Waals surface area (Å²) in [6.07, 6.45) is 1.86. The molecule has 1 fully saturated rings. The van der Waals surface area contributed by atoms with Crippen LogP contribution in [0, 0.1) is 0 Å². The standard InChI is InChI=1S/C11H13N3O3/c1-17-10-3-2-7(6-13-10)5-12-8-4-9(15)14-11(8)16/h2-3,6,8,12H,4-5H2,1H3,(H,14,15,16). The van der Waals surface area contributed by atoms with Crippen LogP contribution >= 0.6 is 0 Å². The third-order valence-electron chi connectivity index (χ3n) is 2.53. The quantitative estimate of drug-likeness (QED) is 0.694. The Labute approximate surface area is 98.4 Å². The van der Waals surface area contributed by atoms with Crippen molar-refractivity contribution >= 4 is 11.8 Å². The number of amides is 2. The summed E-state index contributed by atoms with van der Waals surface area (Å²) in [6, 6.07) is 3.16. The highest BCUT2D eigenvalue weighted by molar-refractivity contribution is 6.05. The number of hydrogen-bond donors (Lipinski definition) is 2. The number of pyridine rings is 1. The van der Waals surface area contributed by atoms with Crippen LogP contribution in [0.3, 0.4) is 0 Å². The summed E-state index contributed by atoms with van der Waals surface area (Å²) >= 11 is 0. The fourth-order valence-electron chi connectivity index (χ4n) is 1.60. The van der Waals surface area contributed by atoms with E-state index in [1.165, 1.54) is 0 Å². The van der Waals surface area contributed by atoms with E-state index < -0.39 is 6.04 Å². The summed E-state index contributed by atoms with van der Waals surface area (Å²) in [4.78, 5) is 26.3. The van der Waals surface area contributed by atoms with Crippen molar-refractivity contribution in [2.24, 2.45) is 0 Å². The lowest BCUT2D eigenvalue weighted by Gasteiger charge is -2.08. The third-order valence-corrected chi connectivity index (χ3v) is 2.53. The van der Waals surface area contributed by atoms with Gasteiger partial charge in [0, 0.05) is 18.8 Å². The van der Waals surface area contributed by atoms with E-state index in [-0.39, 0.29) is 18.2 Å². The smallest absolute Gasteiger partial charge is 0.244 e. The minimum atomic E-state index is -0.440. The molecule has 0 bridgehead atoms. The van der Waals surface area contributed by atoms with Crippen molar-refractivity contribution in [3.8, 4) is 5.88 Å². The summed E-state index contributed by atoms with van der Waals surface area (Å²) < 4.78 is 4.94. The molecule has 0 radical (unpaired) electrons. The molecule has 6 heteroatoms. The van der Waals surface area contributed by atoms with Gasteiger partial charge in [-0.25, -0.2) is 4.98 Å². The van der Waals surface area contributed by atoms with Crippen LogP contribution in [0.2, 0.25) is 0 Å². The number of rotatable bonds is 4. The molecule has 1 aliphatic rings. The Morgan fingerprint density at radius 2 is 2.35 bits per heavy atom. The number of aromatic nitrogens is 1. The van der Waals surface area contributed by atoms with Gasteiger partial charge in [0.15, 0.2) is 0 Å². The van der Waals surface area contributed by atoms with Gasteiger partial charge in [-0.15, -0.1) is 0 Å². The lowest BCUT2D eigenvalue weighted by Crippen LogP contribution is -2.35. The minimum absolute atomic E-state index is 0.197. The molecule has 1 aromatic rings. The van der Waals surface area contributed by atoms with Crippen molar-refractivity contribution in [1.29, 1.82) is 0 Å². The highest BCUT2D eigenvalue weighted by Crippen LogP contribution is 2.08. The number of methoxy groups -OCH3 is 1. The van der Waals surface area contributed by atoms with Crippen LogP contribution in [0.1, 0.15) is 12.0 Å². The third kappa shape index (κ3) is 2.79. The zero-order valence-corrected chi connectivity index (χ0v) is 9.40. The molecule has 2 amide bonds. The van der Waals surface area contributed by atoms with Crippen molar-refractivity contribution in [2.45, 2.75) is 19.0 Å². The van der Waals surface area contributed by atoms with Gasteiger partial charge in [-0.1, -0.05) is 6.07 Å². The van der Waals surface area contributed by atoms with Crippen molar-refractivity contribution in [3.05, 3.63) is 23.9 Å². The van der Waals surface area contributed by atoms with Gasteiger partial charge in [-0.3, -0.25) is 14.9 Å². The first-order valence-electron chi connectivity index (χ1n) is 5.25. The molecule has 17 heavy (non-hydrogen) atoms. The van der Waals surface area contributed by atoms with Crippen LogP contribution in [-0.2, 0) is 16.1 Å². The second-order valence-electron chi connectivity index (χ2n) is 3.76. The summed E-state index contributed by atoms with van der Waals surface area (Å²) in [5.41, 5.74) is 0.929. The van der Waals surface area contributed by atoms with Gasteiger partial charge in [-0.05, 0) is 5.56 Å². The maximum absolute atomic E-state index is 11.3. The molecular formula is C11H13N3O3. The number of carbonyl (C=O) groups is 2. The monoisotopic (exact) mass is 235 g/mol. The molecule has 0 aliphatic carbocycles. The van der Waals surface area contributed by atoms with Crippen LogP contribution < -0.4 is 15.4 Å². The first-order valence-corrected chi connectivity index (χ1v) is 5.25. The molecule has 1 saturated heterocycles. The Hall–Kier alpha value is -1.95. The molecule has 90 valence electrons. The molecule has 2 heterocycles. The van der Waals surface area contributed by atoms with E-state index in [9.17, 15) is 9.59 Å². The topological polar surface area (TPSA) is 80.3 Å². The molecule has 6 nitrogen and oxygen atoms in total. The van der Waals surface area contributed by atoms with Gasteiger partial charge in [0.1, 0.15) is 0 Å². The number of hydrogen-bond acceptors (Lipinski definition) is 5. The summed E-state index contributed by atoms with van der Waals surface area (Å²) in [6.45, 7) is 0.488. The summed E-state index contributed by atoms with van der Waals surface area (Å²) in [7, 11) is 1.55. The fraction of sp³-hybridized carbons (Fsp3) is 0.364. The Morgan fingerprint density at radius 1 is 1.53 bits per heavy atom. The van der Waals surface area contributed by atoms with E-state index in [0.717, 1.165) is 5.56 Å². The van der Waals surface area contributed by atoms with Crippen LogP contribution in [0.5, 0.6) is 5.88 Å². The van der Waals surface area contributed by atoms with Gasteiger partial charge < -0.3 is 10.1 Å². The lowest BCUT2D eigenvalue weighted by atomic mass is 10.2. The lowest BCUT2D eigenvalue weighted by molar-refractivity contribution is -0.125. The number of nitrogens with zero attached hydrogens (tertiary/aromatic N) is 1. The van der Waals surface area contributed by atoms with Crippen LogP contribution in [0.4, 0.5) is 0 Å². The van der Waals surface area contributed by atoms with Crippen LogP contribution in [-0.4, -0.2) is 29.9 Å². The van der Waals surface area contributed by atoms with Crippen LogP contribution in [0.25, 0.3) is 0 Å². The van der Waals surface area contributed by atoms with E-state index in [1.807, 2.05) is 6.07 Å². The zero-order chi connectivity index (χ0) is 12.3. The average Bonchev–Trinajstić information content (AvgIpc) is 2.66. The van der Waals surface area contributed by atoms with Gasteiger partial charge in [0.05, 0.1) is 19.6 Å². The summed E-state index contributed by atoms with van der Waals surface area (Å²) in [5, 5.41) is 5.25. The maximum atomic E-state index is 11.3. The molecular weight excluding hydrogens is 222 g/mol. The second kappa shape index (κ2) is 4.92. The highest BCUT2D eigenvalue weighted by Gasteiger charge is 2.29. The average molecular weight is 235 g/mol. The Balaban J connectivity index is 1.89. The molecule has 2 N–H and O–H groups in total. The molecule has 1 unspecified atom stereocenters. The Kier molecular flexibility index (Phi) is 3.34. The highest BCUT2D eigenvalue weighted by atomic mass is 16.5. The van der Waals surface area contributed by atoms with Gasteiger partial charge >= 0.3 is 0 Å². The van der Waals surface area contributed by atoms with Crippen molar-refractivity contribution in [2.75, 3.05) is 7.11 Å². The maximum Gasteiger partial charge on any atom is 0.244 e. The summed E-state index contributed by atoms with van der Waals surface area (Å²) in [5.74, 6) is 0.0411. The Morgan fingerprint density at radius 3 is 2.88 bits per heavy atom. The molecule has 0 saturated carbocycles. The van der Waals surface area contributed by atoms with Crippen molar-refractivity contribution in [3.63, 3.8) is 0 Å². The molecule has 1 aliphatic heterocycles. The van der Waals surface area contributed by atoms with E-state index in [0.29, 0.717) is 12.4 Å².